The van der Waals surface area contributed by atoms with Crippen LogP contribution in [-0.2, 0) is 0 Å². The number of nitrogen functional groups attached to an aromatic ring is 1. The van der Waals surface area contributed by atoms with E-state index >= 15 is 0 Å². The number of hydrogen-bond donors (Lipinski definition) is 2. The van der Waals surface area contributed by atoms with E-state index in [9.17, 15) is 13.6 Å². The molecule has 3 N–H and O–H groups in total. The second-order valence-electron chi connectivity index (χ2n) is 4.13. The van der Waals surface area contributed by atoms with Crippen molar-refractivity contribution in [3.8, 4) is 0 Å². The second-order valence-corrected chi connectivity index (χ2v) is 6.11. The van der Waals surface area contributed by atoms with Gasteiger partial charge in [-0.3, -0.25) is 4.79 Å². The first-order valence-corrected chi connectivity index (χ1v) is 7.53. The number of benzene rings is 2. The molecule has 1 amide bonds. The number of carbonyl (C=O) groups excluding carboxylic acids is 1. The molecule has 2 aromatic rings. The van der Waals surface area contributed by atoms with E-state index in [-0.39, 0.29) is 5.91 Å². The van der Waals surface area contributed by atoms with Crippen molar-refractivity contribution in [2.24, 2.45) is 0 Å². The minimum absolute atomic E-state index is 0.322. The molecule has 0 saturated carbocycles. The van der Waals surface area contributed by atoms with Gasteiger partial charge in [0.1, 0.15) is 0 Å². The van der Waals surface area contributed by atoms with Gasteiger partial charge in [0.05, 0.1) is 0 Å². The van der Waals surface area contributed by atoms with E-state index < -0.39 is 5.76 Å². The molecule has 3 nitrogen and oxygen atoms in total. The highest BCUT2D eigenvalue weighted by Crippen LogP contribution is 2.26. The molecule has 2 rings (SSSR count). The SMILES string of the molecule is Nc1cc(Br)cc(C(=O)Nc2ccc(SC(F)F)cc2)c1. The number of hydrogen-bond acceptors (Lipinski definition) is 3. The average molecular weight is 373 g/mol. The lowest BCUT2D eigenvalue weighted by atomic mass is 10.2. The van der Waals surface area contributed by atoms with Crippen molar-refractivity contribution in [2.45, 2.75) is 10.7 Å². The van der Waals surface area contributed by atoms with Crippen molar-refractivity contribution in [1.29, 1.82) is 0 Å². The molecule has 0 radical (unpaired) electrons. The van der Waals surface area contributed by atoms with Gasteiger partial charge in [-0.2, -0.15) is 8.78 Å². The predicted molar refractivity (Wildman–Crippen MR) is 84.8 cm³/mol. The third-order valence-corrected chi connectivity index (χ3v) is 3.70. The zero-order valence-corrected chi connectivity index (χ0v) is 13.0. The predicted octanol–water partition coefficient (Wildman–Crippen LogP) is 4.60. The zero-order valence-electron chi connectivity index (χ0n) is 10.6. The zero-order chi connectivity index (χ0) is 15.4. The van der Waals surface area contributed by atoms with Gasteiger partial charge in [0.2, 0.25) is 0 Å². The summed E-state index contributed by atoms with van der Waals surface area (Å²) in [6, 6.07) is 11.1. The van der Waals surface area contributed by atoms with Gasteiger partial charge >= 0.3 is 0 Å². The first-order valence-electron chi connectivity index (χ1n) is 5.86. The molecule has 21 heavy (non-hydrogen) atoms. The van der Waals surface area contributed by atoms with Crippen LogP contribution in [0.5, 0.6) is 0 Å². The Morgan fingerprint density at radius 3 is 2.43 bits per heavy atom. The summed E-state index contributed by atoms with van der Waals surface area (Å²) in [7, 11) is 0. The largest absolute Gasteiger partial charge is 0.399 e. The number of nitrogens with one attached hydrogen (secondary N) is 1. The summed E-state index contributed by atoms with van der Waals surface area (Å²) in [6.07, 6.45) is 0. The number of rotatable bonds is 4. The normalized spacial score (nSPS) is 10.7. The molecule has 0 aromatic heterocycles. The maximum atomic E-state index is 12.2. The standard InChI is InChI=1S/C14H11BrF2N2OS/c15-9-5-8(6-10(18)7-9)13(20)19-11-1-3-12(4-2-11)21-14(16)17/h1-7,14H,18H2,(H,19,20). The van der Waals surface area contributed by atoms with Crippen LogP contribution in [-0.4, -0.2) is 11.7 Å². The molecule has 0 fully saturated rings. The second kappa shape index (κ2) is 6.91. The monoisotopic (exact) mass is 372 g/mol. The molecule has 0 saturated heterocycles. The molecule has 0 spiro atoms. The smallest absolute Gasteiger partial charge is 0.288 e. The van der Waals surface area contributed by atoms with Crippen molar-refractivity contribution in [3.63, 3.8) is 0 Å². The minimum Gasteiger partial charge on any atom is -0.399 e. The van der Waals surface area contributed by atoms with Crippen molar-refractivity contribution in [3.05, 3.63) is 52.5 Å². The van der Waals surface area contributed by atoms with Crippen molar-refractivity contribution < 1.29 is 13.6 Å². The number of alkyl halides is 2. The number of anilines is 2. The minimum atomic E-state index is -2.46. The van der Waals surface area contributed by atoms with Gasteiger partial charge < -0.3 is 11.1 Å². The first kappa shape index (κ1) is 15.8. The summed E-state index contributed by atoms with van der Waals surface area (Å²) in [6.45, 7) is 0. The lowest BCUT2D eigenvalue weighted by Crippen LogP contribution is -2.12. The molecule has 0 aliphatic carbocycles. The number of carbonyl (C=O) groups is 1. The third kappa shape index (κ3) is 4.71. The van der Waals surface area contributed by atoms with Gasteiger partial charge in [0, 0.05) is 26.3 Å². The van der Waals surface area contributed by atoms with E-state index in [4.69, 9.17) is 5.73 Å². The van der Waals surface area contributed by atoms with Crippen LogP contribution >= 0.6 is 27.7 Å². The van der Waals surface area contributed by atoms with Crippen LogP contribution in [0, 0.1) is 0 Å². The highest BCUT2D eigenvalue weighted by atomic mass is 79.9. The average Bonchev–Trinajstić information content (AvgIpc) is 2.39. The molecule has 0 bridgehead atoms. The highest BCUT2D eigenvalue weighted by molar-refractivity contribution is 9.10. The maximum absolute atomic E-state index is 12.2. The fraction of sp³-hybridized carbons (Fsp3) is 0.0714. The Morgan fingerprint density at radius 2 is 1.86 bits per heavy atom. The number of halogens is 3. The van der Waals surface area contributed by atoms with Crippen LogP contribution in [0.25, 0.3) is 0 Å². The molecule has 0 aliphatic heterocycles. The van der Waals surface area contributed by atoms with Crippen LogP contribution < -0.4 is 11.1 Å². The van der Waals surface area contributed by atoms with Gasteiger partial charge in [-0.1, -0.05) is 27.7 Å². The Bertz CT molecular complexity index is 630. The molecule has 0 aliphatic rings. The molecular weight excluding hydrogens is 362 g/mol. The molecule has 0 unspecified atom stereocenters. The van der Waals surface area contributed by atoms with E-state index in [2.05, 4.69) is 21.2 Å². The van der Waals surface area contributed by atoms with Crippen LogP contribution in [0.1, 0.15) is 10.4 Å². The fourth-order valence-corrected chi connectivity index (χ4v) is 2.68. The lowest BCUT2D eigenvalue weighted by molar-refractivity contribution is 0.102. The Balaban J connectivity index is 2.08. The van der Waals surface area contributed by atoms with Crippen LogP contribution in [0.3, 0.4) is 0 Å². The number of nitrogens with two attached hydrogens (primary N) is 1. The lowest BCUT2D eigenvalue weighted by Gasteiger charge is -2.07. The molecular formula is C14H11BrF2N2OS. The van der Waals surface area contributed by atoms with Crippen LogP contribution in [0.4, 0.5) is 20.2 Å². The van der Waals surface area contributed by atoms with Gasteiger partial charge in [-0.05, 0) is 42.5 Å². The Morgan fingerprint density at radius 1 is 1.19 bits per heavy atom. The summed E-state index contributed by atoms with van der Waals surface area (Å²) in [5.41, 5.74) is 7.08. The topological polar surface area (TPSA) is 55.1 Å². The quantitative estimate of drug-likeness (QED) is 0.609. The summed E-state index contributed by atoms with van der Waals surface area (Å²) < 4.78 is 25.1. The maximum Gasteiger partial charge on any atom is 0.288 e. The summed E-state index contributed by atoms with van der Waals surface area (Å²) in [5, 5.41) is 2.68. The highest BCUT2D eigenvalue weighted by Gasteiger charge is 2.09. The molecule has 2 aromatic carbocycles. The van der Waals surface area contributed by atoms with E-state index in [1.54, 1.807) is 30.3 Å². The number of amides is 1. The van der Waals surface area contributed by atoms with Gasteiger partial charge in [0.15, 0.2) is 0 Å². The molecule has 0 atom stereocenters. The van der Waals surface area contributed by atoms with E-state index in [0.29, 0.717) is 38.1 Å². The van der Waals surface area contributed by atoms with E-state index in [1.807, 2.05) is 0 Å². The van der Waals surface area contributed by atoms with Crippen molar-refractivity contribution in [2.75, 3.05) is 11.1 Å². The van der Waals surface area contributed by atoms with Crippen molar-refractivity contribution in [1.82, 2.24) is 0 Å². The molecule has 110 valence electrons. The molecule has 7 heteroatoms. The summed E-state index contributed by atoms with van der Waals surface area (Å²) in [4.78, 5) is 12.5. The number of thioether (sulfide) groups is 1. The van der Waals surface area contributed by atoms with Gasteiger partial charge in [-0.15, -0.1) is 0 Å². The summed E-state index contributed by atoms with van der Waals surface area (Å²) in [5.74, 6) is -2.78. The Labute approximate surface area is 133 Å². The van der Waals surface area contributed by atoms with Crippen LogP contribution in [0.2, 0.25) is 0 Å². The van der Waals surface area contributed by atoms with E-state index in [1.165, 1.54) is 12.1 Å². The van der Waals surface area contributed by atoms with Crippen LogP contribution in [0.15, 0.2) is 51.8 Å². The third-order valence-electron chi connectivity index (χ3n) is 2.52. The first-order chi connectivity index (χ1) is 9.94. The Hall–Kier alpha value is -1.60. The van der Waals surface area contributed by atoms with Gasteiger partial charge in [0.25, 0.3) is 11.7 Å². The van der Waals surface area contributed by atoms with Gasteiger partial charge in [-0.25, -0.2) is 0 Å². The Kier molecular flexibility index (Phi) is 5.19. The van der Waals surface area contributed by atoms with E-state index in [0.717, 1.165) is 0 Å². The van der Waals surface area contributed by atoms with Crippen molar-refractivity contribution >= 4 is 45.0 Å². The fourth-order valence-electron chi connectivity index (χ4n) is 1.67. The summed E-state index contributed by atoms with van der Waals surface area (Å²) >= 11 is 3.72. The molecule has 0 heterocycles.